The zero-order valence-corrected chi connectivity index (χ0v) is 13.0. The predicted octanol–water partition coefficient (Wildman–Crippen LogP) is 3.12. The molecule has 0 bridgehead atoms. The van der Waals surface area contributed by atoms with Gasteiger partial charge in [-0.05, 0) is 24.3 Å². The Balaban J connectivity index is 2.24. The molecule has 5 nitrogen and oxygen atoms in total. The quantitative estimate of drug-likeness (QED) is 0.761. The van der Waals surface area contributed by atoms with Crippen molar-refractivity contribution in [1.29, 1.82) is 0 Å². The molecule has 1 aromatic heterocycles. The minimum atomic E-state index is -4.59. The highest BCUT2D eigenvalue weighted by Gasteiger charge is 2.31. The van der Waals surface area contributed by atoms with Crippen LogP contribution in [0.4, 0.5) is 22.0 Å². The first-order valence-electron chi connectivity index (χ1n) is 6.47. The lowest BCUT2D eigenvalue weighted by Crippen LogP contribution is -2.28. The Morgan fingerprint density at radius 2 is 1.79 bits per heavy atom. The summed E-state index contributed by atoms with van der Waals surface area (Å²) in [7, 11) is -3.03. The van der Waals surface area contributed by atoms with Crippen molar-refractivity contribution in [1.82, 2.24) is 13.9 Å². The molecule has 0 N–H and O–H groups in total. The minimum absolute atomic E-state index is 0.192. The zero-order valence-electron chi connectivity index (χ0n) is 12.2. The van der Waals surface area contributed by atoms with Crippen molar-refractivity contribution >= 4 is 10.0 Å². The van der Waals surface area contributed by atoms with Crippen LogP contribution < -0.4 is 0 Å². The third kappa shape index (κ3) is 3.73. The molecule has 0 amide bonds. The Kier molecular flexibility index (Phi) is 4.95. The van der Waals surface area contributed by atoms with Crippen LogP contribution in [0, 0.1) is 0 Å². The van der Waals surface area contributed by atoms with E-state index in [1.165, 1.54) is 0 Å². The molecule has 0 aliphatic heterocycles. The second kappa shape index (κ2) is 6.48. The Hall–Kier alpha value is -2.01. The molecule has 0 saturated heterocycles. The van der Waals surface area contributed by atoms with Crippen LogP contribution in [0.5, 0.6) is 0 Å². The fourth-order valence-electron chi connectivity index (χ4n) is 1.92. The van der Waals surface area contributed by atoms with E-state index in [2.05, 4.69) is 4.98 Å². The number of hydrogen-bond acceptors (Lipinski definition) is 3. The van der Waals surface area contributed by atoms with Crippen LogP contribution >= 0.6 is 0 Å². The van der Waals surface area contributed by atoms with E-state index in [0.29, 0.717) is 16.7 Å². The molecule has 0 aliphatic carbocycles. The van der Waals surface area contributed by atoms with Crippen molar-refractivity contribution in [3.8, 4) is 0 Å². The number of rotatable bonds is 5. The van der Waals surface area contributed by atoms with E-state index < -0.39 is 34.9 Å². The Bertz CT molecular complexity index is 800. The highest BCUT2D eigenvalue weighted by atomic mass is 32.2. The average molecular weight is 369 g/mol. The lowest BCUT2D eigenvalue weighted by Gasteiger charge is -2.18. The summed E-state index contributed by atoms with van der Waals surface area (Å²) >= 11 is 0. The maximum atomic E-state index is 12.7. The molecular weight excluding hydrogens is 357 g/mol. The highest BCUT2D eigenvalue weighted by Crippen LogP contribution is 2.30. The van der Waals surface area contributed by atoms with Crippen LogP contribution in [-0.4, -0.2) is 29.3 Å². The van der Waals surface area contributed by atoms with Gasteiger partial charge in [0.05, 0.1) is 17.0 Å². The largest absolute Gasteiger partial charge is 0.416 e. The van der Waals surface area contributed by atoms with E-state index in [0.717, 1.165) is 35.9 Å². The Morgan fingerprint density at radius 1 is 1.21 bits per heavy atom. The van der Waals surface area contributed by atoms with Gasteiger partial charge in [0.2, 0.25) is 10.0 Å². The minimum Gasteiger partial charge on any atom is -0.277 e. The van der Waals surface area contributed by atoms with E-state index in [1.54, 1.807) is 0 Å². The molecule has 11 heteroatoms. The van der Waals surface area contributed by atoms with Gasteiger partial charge in [0, 0.05) is 19.4 Å². The fourth-order valence-corrected chi connectivity index (χ4v) is 3.05. The highest BCUT2D eigenvalue weighted by molar-refractivity contribution is 7.89. The van der Waals surface area contributed by atoms with Crippen molar-refractivity contribution < 1.29 is 30.4 Å². The third-order valence-electron chi connectivity index (χ3n) is 3.21. The molecule has 0 radical (unpaired) electrons. The topological polar surface area (TPSA) is 55.2 Å². The van der Waals surface area contributed by atoms with Gasteiger partial charge in [0.15, 0.2) is 0 Å². The van der Waals surface area contributed by atoms with Gasteiger partial charge in [-0.3, -0.25) is 4.57 Å². The van der Waals surface area contributed by atoms with Gasteiger partial charge in [-0.15, -0.1) is 0 Å². The van der Waals surface area contributed by atoms with Crippen molar-refractivity contribution in [2.75, 3.05) is 7.05 Å². The normalized spacial score (nSPS) is 13.0. The van der Waals surface area contributed by atoms with Gasteiger partial charge in [0.1, 0.15) is 5.82 Å². The summed E-state index contributed by atoms with van der Waals surface area (Å²) in [5.41, 5.74) is -0.989. The fraction of sp³-hybridized carbons (Fsp3) is 0.308. The number of benzene rings is 1. The molecular formula is C13H12F5N3O2S. The Labute approximate surface area is 134 Å². The van der Waals surface area contributed by atoms with E-state index >= 15 is 0 Å². The van der Waals surface area contributed by atoms with Crippen molar-refractivity contribution in [3.63, 3.8) is 0 Å². The lowest BCUT2D eigenvalue weighted by molar-refractivity contribution is -0.137. The van der Waals surface area contributed by atoms with Crippen LogP contribution in [0.2, 0.25) is 0 Å². The molecule has 2 aromatic rings. The lowest BCUT2D eigenvalue weighted by atomic mass is 10.2. The van der Waals surface area contributed by atoms with Gasteiger partial charge >= 0.3 is 12.7 Å². The molecule has 132 valence electrons. The summed E-state index contributed by atoms with van der Waals surface area (Å²) in [6.45, 7) is -3.34. The van der Waals surface area contributed by atoms with E-state index in [-0.39, 0.29) is 10.7 Å². The maximum absolute atomic E-state index is 12.7. The monoisotopic (exact) mass is 369 g/mol. The van der Waals surface area contributed by atoms with Crippen LogP contribution in [0.3, 0.4) is 0 Å². The van der Waals surface area contributed by atoms with Crippen LogP contribution in [0.25, 0.3) is 0 Å². The predicted molar refractivity (Wildman–Crippen MR) is 73.6 cm³/mol. The molecule has 24 heavy (non-hydrogen) atoms. The number of halogens is 5. The first-order chi connectivity index (χ1) is 11.0. The van der Waals surface area contributed by atoms with Gasteiger partial charge in [-0.2, -0.15) is 26.3 Å². The van der Waals surface area contributed by atoms with Gasteiger partial charge in [-0.1, -0.05) is 0 Å². The molecule has 1 heterocycles. The standard InChI is InChI=1S/C13H12F5N3O2S/c1-20(8-11-19-6-7-21(11)12(14)15)24(22,23)10-4-2-9(3-5-10)13(16,17)18/h2-7,12H,8H2,1H3. The second-order valence-electron chi connectivity index (χ2n) is 4.81. The summed E-state index contributed by atoms with van der Waals surface area (Å²) in [6, 6.07) is 2.91. The van der Waals surface area contributed by atoms with E-state index in [1.807, 2.05) is 0 Å². The van der Waals surface area contributed by atoms with Crippen LogP contribution in [0.15, 0.2) is 41.6 Å². The average Bonchev–Trinajstić information content (AvgIpc) is 2.94. The molecule has 0 aliphatic rings. The van der Waals surface area contributed by atoms with Gasteiger partial charge in [0.25, 0.3) is 0 Å². The molecule has 2 rings (SSSR count). The third-order valence-corrected chi connectivity index (χ3v) is 5.03. The summed E-state index contributed by atoms with van der Waals surface area (Å²) < 4.78 is 88.9. The van der Waals surface area contributed by atoms with Crippen molar-refractivity contribution in [2.45, 2.75) is 24.2 Å². The molecule has 0 saturated carbocycles. The number of aromatic nitrogens is 2. The van der Waals surface area contributed by atoms with Crippen molar-refractivity contribution in [2.24, 2.45) is 0 Å². The summed E-state index contributed by atoms with van der Waals surface area (Å²) in [4.78, 5) is 3.28. The van der Waals surface area contributed by atoms with Gasteiger partial charge < -0.3 is 0 Å². The number of sulfonamides is 1. The summed E-state index contributed by atoms with van der Waals surface area (Å²) in [6.07, 6.45) is -2.49. The van der Waals surface area contributed by atoms with Crippen LogP contribution in [-0.2, 0) is 22.7 Å². The first kappa shape index (κ1) is 18.3. The number of imidazole rings is 1. The molecule has 0 atom stereocenters. The van der Waals surface area contributed by atoms with Gasteiger partial charge in [-0.25, -0.2) is 13.4 Å². The molecule has 0 fully saturated rings. The Morgan fingerprint density at radius 3 is 2.29 bits per heavy atom. The first-order valence-corrected chi connectivity index (χ1v) is 7.91. The van der Waals surface area contributed by atoms with Crippen molar-refractivity contribution in [3.05, 3.63) is 48.0 Å². The maximum Gasteiger partial charge on any atom is 0.416 e. The molecule has 0 unspecified atom stereocenters. The molecule has 1 aromatic carbocycles. The smallest absolute Gasteiger partial charge is 0.277 e. The SMILES string of the molecule is CN(Cc1nccn1C(F)F)S(=O)(=O)c1ccc(C(F)(F)F)cc1. The number of hydrogen-bond donors (Lipinski definition) is 0. The summed E-state index contributed by atoms with van der Waals surface area (Å²) in [5, 5.41) is 0. The molecule has 0 spiro atoms. The number of alkyl halides is 5. The second-order valence-corrected chi connectivity index (χ2v) is 6.86. The zero-order chi connectivity index (χ0) is 18.1. The van der Waals surface area contributed by atoms with E-state index in [9.17, 15) is 30.4 Å². The summed E-state index contributed by atoms with van der Waals surface area (Å²) in [5.74, 6) is -0.192. The van der Waals surface area contributed by atoms with E-state index in [4.69, 9.17) is 0 Å². The number of nitrogens with zero attached hydrogens (tertiary/aromatic N) is 3. The van der Waals surface area contributed by atoms with Crippen LogP contribution in [0.1, 0.15) is 17.9 Å².